The Hall–Kier alpha value is -1.43. The number of allylic oxidation sites excluding steroid dienone is 1. The predicted molar refractivity (Wildman–Crippen MR) is 79.3 cm³/mol. The summed E-state index contributed by atoms with van der Waals surface area (Å²) in [5.74, 6) is -2.07. The molecule has 0 aromatic heterocycles. The normalized spacial score (nSPS) is 35.9. The summed E-state index contributed by atoms with van der Waals surface area (Å²) in [7, 11) is 1.22. The SMILES string of the molecule is C=C[C@]1(C)C[C@H](O)[C@H](C(=C)C(=O)OC)[C@H](O)[C@H]1C(=C)CO. The Bertz CT molecular complexity index is 456. The maximum atomic E-state index is 11.6. The van der Waals surface area contributed by atoms with Gasteiger partial charge in [-0.05, 0) is 17.4 Å². The van der Waals surface area contributed by atoms with E-state index in [-0.39, 0.29) is 18.6 Å². The van der Waals surface area contributed by atoms with Crippen molar-refractivity contribution in [2.24, 2.45) is 17.3 Å². The zero-order valence-corrected chi connectivity index (χ0v) is 12.6. The lowest BCUT2D eigenvalue weighted by atomic mass is 9.58. The molecule has 0 saturated heterocycles. The summed E-state index contributed by atoms with van der Waals surface area (Å²) in [6.45, 7) is 12.7. The highest BCUT2D eigenvalue weighted by Gasteiger charge is 2.51. The van der Waals surface area contributed by atoms with E-state index in [1.165, 1.54) is 7.11 Å². The van der Waals surface area contributed by atoms with Crippen molar-refractivity contribution < 1.29 is 24.9 Å². The van der Waals surface area contributed by atoms with E-state index < -0.39 is 35.4 Å². The molecule has 0 bridgehead atoms. The van der Waals surface area contributed by atoms with E-state index in [1.807, 2.05) is 6.92 Å². The first-order valence-corrected chi connectivity index (χ1v) is 6.78. The fraction of sp³-hybridized carbons (Fsp3) is 0.562. The lowest BCUT2D eigenvalue weighted by molar-refractivity contribution is -0.140. The van der Waals surface area contributed by atoms with Crippen LogP contribution in [-0.4, -0.2) is 47.2 Å². The molecule has 0 aromatic rings. The number of hydrogen-bond acceptors (Lipinski definition) is 5. The van der Waals surface area contributed by atoms with Gasteiger partial charge in [-0.3, -0.25) is 0 Å². The highest BCUT2D eigenvalue weighted by atomic mass is 16.5. The second-order valence-corrected chi connectivity index (χ2v) is 5.81. The minimum Gasteiger partial charge on any atom is -0.466 e. The highest BCUT2D eigenvalue weighted by molar-refractivity contribution is 5.88. The van der Waals surface area contributed by atoms with Crippen LogP contribution in [-0.2, 0) is 9.53 Å². The van der Waals surface area contributed by atoms with Gasteiger partial charge in [0, 0.05) is 17.4 Å². The van der Waals surface area contributed by atoms with Gasteiger partial charge in [0.25, 0.3) is 0 Å². The lowest BCUT2D eigenvalue weighted by Crippen LogP contribution is -2.53. The Balaban J connectivity index is 3.22. The van der Waals surface area contributed by atoms with Crippen molar-refractivity contribution in [3.05, 3.63) is 37.0 Å². The first-order chi connectivity index (χ1) is 9.73. The molecule has 0 amide bonds. The minimum atomic E-state index is -1.11. The summed E-state index contributed by atoms with van der Waals surface area (Å²) in [4.78, 5) is 11.6. The number of hydrogen-bond donors (Lipinski definition) is 3. The number of esters is 1. The first-order valence-electron chi connectivity index (χ1n) is 6.78. The Morgan fingerprint density at radius 2 is 2.00 bits per heavy atom. The lowest BCUT2D eigenvalue weighted by Gasteiger charge is -2.49. The summed E-state index contributed by atoms with van der Waals surface area (Å²) in [5.41, 5.74) is -0.190. The van der Waals surface area contributed by atoms with Crippen molar-refractivity contribution in [1.29, 1.82) is 0 Å². The first kappa shape index (κ1) is 17.6. The van der Waals surface area contributed by atoms with Crippen LogP contribution in [0.2, 0.25) is 0 Å². The van der Waals surface area contributed by atoms with Crippen molar-refractivity contribution in [2.45, 2.75) is 25.6 Å². The van der Waals surface area contributed by atoms with E-state index in [0.717, 1.165) is 0 Å². The summed E-state index contributed by atoms with van der Waals surface area (Å²) in [6.07, 6.45) is -0.152. The second kappa shape index (κ2) is 6.56. The molecule has 1 fully saturated rings. The molecule has 21 heavy (non-hydrogen) atoms. The number of carbonyl (C=O) groups excluding carboxylic acids is 1. The van der Waals surface area contributed by atoms with Crippen LogP contribution in [0.15, 0.2) is 37.0 Å². The van der Waals surface area contributed by atoms with Gasteiger partial charge in [0.05, 0.1) is 25.9 Å². The van der Waals surface area contributed by atoms with Crippen molar-refractivity contribution >= 4 is 5.97 Å². The molecule has 3 N–H and O–H groups in total. The van der Waals surface area contributed by atoms with Gasteiger partial charge in [-0.1, -0.05) is 26.2 Å². The molecule has 5 atom stereocenters. The van der Waals surface area contributed by atoms with Crippen LogP contribution in [0.3, 0.4) is 0 Å². The van der Waals surface area contributed by atoms with Gasteiger partial charge in [-0.2, -0.15) is 0 Å². The van der Waals surface area contributed by atoms with Crippen LogP contribution in [0.4, 0.5) is 0 Å². The van der Waals surface area contributed by atoms with Gasteiger partial charge in [0.2, 0.25) is 0 Å². The number of rotatable bonds is 5. The molecular formula is C16H24O5. The number of methoxy groups -OCH3 is 1. The van der Waals surface area contributed by atoms with E-state index in [0.29, 0.717) is 5.57 Å². The van der Waals surface area contributed by atoms with Gasteiger partial charge in [-0.25, -0.2) is 4.79 Å². The molecule has 0 aromatic carbocycles. The number of carbonyl (C=O) groups is 1. The molecule has 0 unspecified atom stereocenters. The van der Waals surface area contributed by atoms with Crippen molar-refractivity contribution in [2.75, 3.05) is 13.7 Å². The zero-order chi connectivity index (χ0) is 16.4. The van der Waals surface area contributed by atoms with Crippen LogP contribution < -0.4 is 0 Å². The monoisotopic (exact) mass is 296 g/mol. The number of aliphatic hydroxyl groups is 3. The van der Waals surface area contributed by atoms with Crippen LogP contribution in [0.5, 0.6) is 0 Å². The quantitative estimate of drug-likeness (QED) is 0.397. The van der Waals surface area contributed by atoms with Crippen molar-refractivity contribution in [1.82, 2.24) is 0 Å². The molecule has 1 aliphatic carbocycles. The Kier molecular flexibility index (Phi) is 5.50. The van der Waals surface area contributed by atoms with Gasteiger partial charge < -0.3 is 20.1 Å². The molecule has 0 spiro atoms. The Labute approximate surface area is 125 Å². The fourth-order valence-corrected chi connectivity index (χ4v) is 3.25. The molecular weight excluding hydrogens is 272 g/mol. The largest absolute Gasteiger partial charge is 0.466 e. The molecule has 0 radical (unpaired) electrons. The topological polar surface area (TPSA) is 87.0 Å². The smallest absolute Gasteiger partial charge is 0.333 e. The standard InChI is InChI=1S/C16H24O5/c1-6-16(4)7-11(18)12(10(3)15(20)21-5)14(19)13(16)9(2)8-17/h6,11-14,17-19H,1-3,7-8H2,4-5H3/t11-,12-,13+,14-,16+/m0/s1. The molecule has 1 saturated carbocycles. The predicted octanol–water partition coefficient (Wildman–Crippen LogP) is 0.814. The van der Waals surface area contributed by atoms with Crippen LogP contribution in [0.25, 0.3) is 0 Å². The third-order valence-corrected chi connectivity index (χ3v) is 4.44. The van der Waals surface area contributed by atoms with Crippen molar-refractivity contribution in [3.8, 4) is 0 Å². The van der Waals surface area contributed by atoms with E-state index in [2.05, 4.69) is 24.5 Å². The third-order valence-electron chi connectivity index (χ3n) is 4.44. The molecule has 1 rings (SSSR count). The Morgan fingerprint density at radius 3 is 2.43 bits per heavy atom. The van der Waals surface area contributed by atoms with E-state index in [9.17, 15) is 20.1 Å². The van der Waals surface area contributed by atoms with Gasteiger partial charge in [0.1, 0.15) is 0 Å². The molecule has 0 heterocycles. The van der Waals surface area contributed by atoms with Gasteiger partial charge >= 0.3 is 5.97 Å². The van der Waals surface area contributed by atoms with E-state index in [4.69, 9.17) is 0 Å². The minimum absolute atomic E-state index is 0.0133. The average Bonchev–Trinajstić information content (AvgIpc) is 2.45. The Morgan fingerprint density at radius 1 is 1.43 bits per heavy atom. The molecule has 5 nitrogen and oxygen atoms in total. The second-order valence-electron chi connectivity index (χ2n) is 5.81. The maximum Gasteiger partial charge on any atom is 0.333 e. The van der Waals surface area contributed by atoms with Gasteiger partial charge in [0.15, 0.2) is 0 Å². The summed E-state index contributed by atoms with van der Waals surface area (Å²) in [5, 5.41) is 30.3. The van der Waals surface area contributed by atoms with Crippen LogP contribution in [0.1, 0.15) is 13.3 Å². The third kappa shape index (κ3) is 3.10. The maximum absolute atomic E-state index is 11.6. The highest BCUT2D eigenvalue weighted by Crippen LogP contribution is 2.49. The summed E-state index contributed by atoms with van der Waals surface area (Å²) >= 11 is 0. The number of aliphatic hydroxyl groups excluding tert-OH is 3. The van der Waals surface area contributed by atoms with Crippen molar-refractivity contribution in [3.63, 3.8) is 0 Å². The molecule has 5 heteroatoms. The van der Waals surface area contributed by atoms with Crippen LogP contribution in [0, 0.1) is 17.3 Å². The van der Waals surface area contributed by atoms with E-state index >= 15 is 0 Å². The van der Waals surface area contributed by atoms with Gasteiger partial charge in [-0.15, -0.1) is 6.58 Å². The average molecular weight is 296 g/mol. The number of ether oxygens (including phenoxy) is 1. The van der Waals surface area contributed by atoms with E-state index in [1.54, 1.807) is 6.08 Å². The molecule has 118 valence electrons. The molecule has 1 aliphatic rings. The fourth-order valence-electron chi connectivity index (χ4n) is 3.25. The molecule has 0 aliphatic heterocycles. The summed E-state index contributed by atoms with van der Waals surface area (Å²) < 4.78 is 4.61. The zero-order valence-electron chi connectivity index (χ0n) is 12.6. The van der Waals surface area contributed by atoms with Crippen LogP contribution >= 0.6 is 0 Å². The summed E-state index contributed by atoms with van der Waals surface area (Å²) in [6, 6.07) is 0.